The molecule has 2 rings (SSSR count). The third kappa shape index (κ3) is 2.81. The number of fused-ring (bicyclic) bond motifs is 1. The van der Waals surface area contributed by atoms with E-state index in [0.29, 0.717) is 6.54 Å². The number of benzene rings is 1. The van der Waals surface area contributed by atoms with Gasteiger partial charge in [-0.2, -0.15) is 0 Å². The van der Waals surface area contributed by atoms with Crippen LogP contribution in [0.3, 0.4) is 0 Å². The largest absolute Gasteiger partial charge is 0.464 e. The van der Waals surface area contributed by atoms with Crippen LogP contribution < -0.4 is 11.1 Å². The molecule has 0 radical (unpaired) electrons. The van der Waals surface area contributed by atoms with E-state index < -0.39 is 0 Å². The monoisotopic (exact) mass is 244 g/mol. The highest BCUT2D eigenvalue weighted by molar-refractivity contribution is 5.81. The van der Waals surface area contributed by atoms with Gasteiger partial charge in [0.2, 0.25) is 0 Å². The Labute approximate surface area is 108 Å². The van der Waals surface area contributed by atoms with Crippen LogP contribution in [0.25, 0.3) is 11.0 Å². The maximum absolute atomic E-state index is 5.85. The van der Waals surface area contributed by atoms with E-state index in [9.17, 15) is 0 Å². The van der Waals surface area contributed by atoms with Crippen molar-refractivity contribution in [2.75, 3.05) is 13.1 Å². The first-order valence-corrected chi connectivity index (χ1v) is 6.37. The molecule has 1 aromatic carbocycles. The maximum atomic E-state index is 5.85. The molecule has 0 aliphatic heterocycles. The minimum Gasteiger partial charge on any atom is -0.464 e. The Morgan fingerprint density at radius 1 is 1.39 bits per heavy atom. The Morgan fingerprint density at radius 3 is 3.00 bits per heavy atom. The van der Waals surface area contributed by atoms with Crippen molar-refractivity contribution in [1.29, 1.82) is 0 Å². The quantitative estimate of drug-likeness (QED) is 0.606. The summed E-state index contributed by atoms with van der Waals surface area (Å²) in [4.78, 5) is 0. The molecule has 0 fully saturated rings. The number of rotatable bonds is 6. The molecule has 18 heavy (non-hydrogen) atoms. The van der Waals surface area contributed by atoms with Crippen molar-refractivity contribution in [3.8, 4) is 0 Å². The lowest BCUT2D eigenvalue weighted by atomic mass is 10.1. The fraction of sp³-hybridized carbons (Fsp3) is 0.333. The van der Waals surface area contributed by atoms with E-state index in [4.69, 9.17) is 10.2 Å². The van der Waals surface area contributed by atoms with Crippen molar-refractivity contribution in [2.45, 2.75) is 19.4 Å². The van der Waals surface area contributed by atoms with Crippen LogP contribution in [-0.2, 0) is 0 Å². The van der Waals surface area contributed by atoms with Crippen molar-refractivity contribution >= 4 is 11.0 Å². The molecule has 0 spiro atoms. The number of furan rings is 1. The fourth-order valence-electron chi connectivity index (χ4n) is 2.10. The van der Waals surface area contributed by atoms with Crippen molar-refractivity contribution in [2.24, 2.45) is 5.73 Å². The first-order valence-electron chi connectivity index (χ1n) is 6.37. The van der Waals surface area contributed by atoms with Crippen molar-refractivity contribution in [1.82, 2.24) is 5.32 Å². The molecule has 2 aromatic rings. The fourth-order valence-corrected chi connectivity index (χ4v) is 2.10. The summed E-state index contributed by atoms with van der Waals surface area (Å²) >= 11 is 0. The first kappa shape index (κ1) is 12.9. The lowest BCUT2D eigenvalue weighted by Crippen LogP contribution is -2.28. The molecule has 0 aliphatic rings. The molecule has 1 aromatic heterocycles. The van der Waals surface area contributed by atoms with Crippen molar-refractivity contribution in [3.63, 3.8) is 0 Å². The van der Waals surface area contributed by atoms with E-state index in [1.165, 1.54) is 0 Å². The summed E-state index contributed by atoms with van der Waals surface area (Å²) in [6, 6.07) is 8.21. The van der Waals surface area contributed by atoms with Gasteiger partial charge >= 0.3 is 0 Å². The molecule has 3 heteroatoms. The maximum Gasteiger partial charge on any atom is 0.134 e. The van der Waals surface area contributed by atoms with E-state index in [1.54, 1.807) is 0 Å². The summed E-state index contributed by atoms with van der Waals surface area (Å²) in [5.74, 6) is 0. The molecular formula is C15H20N2O. The Balaban J connectivity index is 2.11. The Hall–Kier alpha value is -1.58. The molecular weight excluding hydrogens is 224 g/mol. The highest BCUT2D eigenvalue weighted by Gasteiger charge is 2.14. The lowest BCUT2D eigenvalue weighted by molar-refractivity contribution is 0.535. The van der Waals surface area contributed by atoms with Gasteiger partial charge < -0.3 is 15.5 Å². The van der Waals surface area contributed by atoms with E-state index in [0.717, 1.165) is 29.5 Å². The van der Waals surface area contributed by atoms with Gasteiger partial charge in [0.05, 0.1) is 6.26 Å². The van der Waals surface area contributed by atoms with Crippen LogP contribution >= 0.6 is 0 Å². The summed E-state index contributed by atoms with van der Waals surface area (Å²) in [6.07, 6.45) is 7.04. The van der Waals surface area contributed by atoms with Crippen LogP contribution in [0.1, 0.15) is 24.9 Å². The molecule has 0 saturated carbocycles. The average molecular weight is 244 g/mol. The third-order valence-electron chi connectivity index (χ3n) is 3.06. The number of allylic oxidation sites excluding steroid dienone is 1. The van der Waals surface area contributed by atoms with Gasteiger partial charge in [0.15, 0.2) is 0 Å². The van der Waals surface area contributed by atoms with Gasteiger partial charge in [0.25, 0.3) is 0 Å². The summed E-state index contributed by atoms with van der Waals surface area (Å²) in [7, 11) is 0. The van der Waals surface area contributed by atoms with Crippen LogP contribution in [0.15, 0.2) is 47.1 Å². The Bertz CT molecular complexity index is 516. The topological polar surface area (TPSA) is 51.2 Å². The SMILES string of the molecule is C/C=C/CCNC(CN)c1coc2ccccc12. The molecule has 96 valence electrons. The second kappa shape index (κ2) is 6.38. The zero-order chi connectivity index (χ0) is 12.8. The van der Waals surface area contributed by atoms with Crippen LogP contribution in [0.2, 0.25) is 0 Å². The van der Waals surface area contributed by atoms with E-state index in [-0.39, 0.29) is 6.04 Å². The zero-order valence-electron chi connectivity index (χ0n) is 10.7. The van der Waals surface area contributed by atoms with Gasteiger partial charge in [-0.15, -0.1) is 0 Å². The molecule has 1 unspecified atom stereocenters. The smallest absolute Gasteiger partial charge is 0.134 e. The second-order valence-corrected chi connectivity index (χ2v) is 4.29. The number of para-hydroxylation sites is 1. The molecule has 3 N–H and O–H groups in total. The van der Waals surface area contributed by atoms with Crippen LogP contribution in [0.4, 0.5) is 0 Å². The predicted octanol–water partition coefficient (Wildman–Crippen LogP) is 2.99. The third-order valence-corrected chi connectivity index (χ3v) is 3.06. The molecule has 1 atom stereocenters. The summed E-state index contributed by atoms with van der Waals surface area (Å²) in [5, 5.41) is 4.61. The molecule has 3 nitrogen and oxygen atoms in total. The first-order chi connectivity index (χ1) is 8.86. The van der Waals surface area contributed by atoms with E-state index in [1.807, 2.05) is 31.4 Å². The predicted molar refractivity (Wildman–Crippen MR) is 75.4 cm³/mol. The Kier molecular flexibility index (Phi) is 4.56. The van der Waals surface area contributed by atoms with Crippen molar-refractivity contribution in [3.05, 3.63) is 48.2 Å². The van der Waals surface area contributed by atoms with Gasteiger partial charge in [-0.1, -0.05) is 30.4 Å². The van der Waals surface area contributed by atoms with Gasteiger partial charge in [-0.3, -0.25) is 0 Å². The summed E-state index contributed by atoms with van der Waals surface area (Å²) < 4.78 is 5.55. The number of hydrogen-bond donors (Lipinski definition) is 2. The Morgan fingerprint density at radius 2 is 2.22 bits per heavy atom. The average Bonchev–Trinajstić information content (AvgIpc) is 2.83. The summed E-state index contributed by atoms with van der Waals surface area (Å²) in [5.41, 5.74) is 7.91. The van der Waals surface area contributed by atoms with Crippen LogP contribution in [0, 0.1) is 0 Å². The molecule has 0 bridgehead atoms. The standard InChI is InChI=1S/C15H20N2O/c1-2-3-6-9-17-14(10-16)13-11-18-15-8-5-4-7-12(13)15/h2-5,7-8,11,14,17H,6,9-10,16H2,1H3/b3-2+. The minimum absolute atomic E-state index is 0.152. The van der Waals surface area contributed by atoms with Crippen LogP contribution in [-0.4, -0.2) is 13.1 Å². The number of nitrogens with one attached hydrogen (secondary N) is 1. The van der Waals surface area contributed by atoms with Gasteiger partial charge in [0.1, 0.15) is 5.58 Å². The minimum atomic E-state index is 0.152. The molecule has 0 aliphatic carbocycles. The molecule has 1 heterocycles. The van der Waals surface area contributed by atoms with E-state index >= 15 is 0 Å². The van der Waals surface area contributed by atoms with Crippen LogP contribution in [0.5, 0.6) is 0 Å². The zero-order valence-corrected chi connectivity index (χ0v) is 10.7. The molecule has 0 amide bonds. The highest BCUT2D eigenvalue weighted by Crippen LogP contribution is 2.25. The normalized spacial score (nSPS) is 13.4. The van der Waals surface area contributed by atoms with Gasteiger partial charge in [-0.05, 0) is 26.0 Å². The summed E-state index contributed by atoms with van der Waals surface area (Å²) in [6.45, 7) is 3.52. The highest BCUT2D eigenvalue weighted by atomic mass is 16.3. The number of hydrogen-bond acceptors (Lipinski definition) is 3. The number of nitrogens with two attached hydrogens (primary N) is 1. The van der Waals surface area contributed by atoms with Gasteiger partial charge in [0, 0.05) is 23.5 Å². The second-order valence-electron chi connectivity index (χ2n) is 4.29. The van der Waals surface area contributed by atoms with E-state index in [2.05, 4.69) is 23.5 Å². The van der Waals surface area contributed by atoms with Crippen molar-refractivity contribution < 1.29 is 4.42 Å². The molecule has 0 saturated heterocycles. The lowest BCUT2D eigenvalue weighted by Gasteiger charge is -2.15. The van der Waals surface area contributed by atoms with Gasteiger partial charge in [-0.25, -0.2) is 0 Å².